The van der Waals surface area contributed by atoms with Gasteiger partial charge in [-0.25, -0.2) is 13.2 Å². The number of halogens is 4. The van der Waals surface area contributed by atoms with E-state index < -0.39 is 44.8 Å². The molecule has 1 fully saturated rings. The summed E-state index contributed by atoms with van der Waals surface area (Å²) in [6.07, 6.45) is -4.84. The first-order valence-corrected chi connectivity index (χ1v) is 13.6. The molecule has 0 radical (unpaired) electrons. The minimum absolute atomic E-state index is 0.0182. The summed E-state index contributed by atoms with van der Waals surface area (Å²) >= 11 is 6.40. The minimum Gasteiger partial charge on any atom is -0.314 e. The van der Waals surface area contributed by atoms with E-state index in [-0.39, 0.29) is 44.4 Å². The van der Waals surface area contributed by atoms with E-state index in [1.165, 1.54) is 25.1 Å². The van der Waals surface area contributed by atoms with Crippen LogP contribution in [0.3, 0.4) is 0 Å². The third kappa shape index (κ3) is 5.35. The molecular weight excluding hydrogens is 547 g/mol. The fraction of sp³-hybridized carbons (Fsp3) is 0.375. The zero-order chi connectivity index (χ0) is 27.8. The highest BCUT2D eigenvalue weighted by Gasteiger charge is 2.36. The Balaban J connectivity index is 1.92. The van der Waals surface area contributed by atoms with Crippen LogP contribution in [0, 0.1) is 11.3 Å². The van der Waals surface area contributed by atoms with Crippen molar-refractivity contribution in [2.24, 2.45) is 0 Å². The van der Waals surface area contributed by atoms with Crippen LogP contribution in [0.2, 0.25) is 5.02 Å². The molecule has 1 aromatic heterocycles. The summed E-state index contributed by atoms with van der Waals surface area (Å²) < 4.78 is 68.1. The number of aromatic amines is 1. The molecule has 2 aromatic carbocycles. The Kier molecular flexibility index (Phi) is 7.72. The second-order valence-electron chi connectivity index (χ2n) is 8.82. The van der Waals surface area contributed by atoms with E-state index >= 15 is 0 Å². The second-order valence-corrected chi connectivity index (χ2v) is 11.4. The van der Waals surface area contributed by atoms with E-state index in [9.17, 15) is 36.4 Å². The van der Waals surface area contributed by atoms with Crippen LogP contribution < -0.4 is 16.6 Å². The average molecular weight is 570 g/mol. The van der Waals surface area contributed by atoms with Gasteiger partial charge in [-0.2, -0.15) is 18.4 Å². The SMILES string of the molecule is CCS(=O)(=O)c1ccc(C#N)cc1Cn1c(=O)[nH]c2c(Cl)c(CN3CCNCC3)c(C(F)(F)F)cc2c1=O. The van der Waals surface area contributed by atoms with Crippen molar-refractivity contribution in [1.82, 2.24) is 19.8 Å². The number of piperazine rings is 1. The number of fused-ring (bicyclic) bond motifs is 1. The predicted molar refractivity (Wildman–Crippen MR) is 135 cm³/mol. The van der Waals surface area contributed by atoms with E-state index in [1.807, 2.05) is 6.07 Å². The van der Waals surface area contributed by atoms with Crippen LogP contribution in [-0.4, -0.2) is 54.8 Å². The summed E-state index contributed by atoms with van der Waals surface area (Å²) in [5, 5.41) is 11.5. The van der Waals surface area contributed by atoms with Crippen LogP contribution in [0.4, 0.5) is 13.2 Å². The summed E-state index contributed by atoms with van der Waals surface area (Å²) in [6.45, 7) is 2.87. The van der Waals surface area contributed by atoms with Crippen LogP contribution in [0.5, 0.6) is 0 Å². The molecule has 0 amide bonds. The molecular formula is C24H23ClF3N5O4S. The maximum absolute atomic E-state index is 14.1. The zero-order valence-corrected chi connectivity index (χ0v) is 21.7. The Labute approximate surface area is 220 Å². The maximum Gasteiger partial charge on any atom is 0.416 e. The Morgan fingerprint density at radius 2 is 1.82 bits per heavy atom. The van der Waals surface area contributed by atoms with Gasteiger partial charge in [0.2, 0.25) is 0 Å². The van der Waals surface area contributed by atoms with Gasteiger partial charge in [0, 0.05) is 32.7 Å². The smallest absolute Gasteiger partial charge is 0.314 e. The molecule has 3 aromatic rings. The van der Waals surface area contributed by atoms with Gasteiger partial charge in [0.1, 0.15) is 0 Å². The van der Waals surface area contributed by atoms with Crippen molar-refractivity contribution in [3.8, 4) is 6.07 Å². The lowest BCUT2D eigenvalue weighted by molar-refractivity contribution is -0.138. The average Bonchev–Trinajstić information content (AvgIpc) is 2.88. The summed E-state index contributed by atoms with van der Waals surface area (Å²) in [4.78, 5) is 30.3. The molecule has 38 heavy (non-hydrogen) atoms. The molecule has 9 nitrogen and oxygen atoms in total. The van der Waals surface area contributed by atoms with Crippen LogP contribution in [-0.2, 0) is 29.1 Å². The Hall–Kier alpha value is -3.18. The van der Waals surface area contributed by atoms with Crippen molar-refractivity contribution in [2.45, 2.75) is 31.1 Å². The third-order valence-electron chi connectivity index (χ3n) is 6.45. The van der Waals surface area contributed by atoms with Crippen LogP contribution in [0.1, 0.15) is 29.2 Å². The van der Waals surface area contributed by atoms with E-state index in [1.54, 1.807) is 4.90 Å². The van der Waals surface area contributed by atoms with Crippen molar-refractivity contribution in [3.05, 3.63) is 72.4 Å². The fourth-order valence-corrected chi connectivity index (χ4v) is 5.86. The third-order valence-corrected chi connectivity index (χ3v) is 8.70. The molecule has 0 aliphatic carbocycles. The minimum atomic E-state index is -4.84. The standard InChI is InChI=1S/C24H23ClF3N5O4S/c1-2-38(36,37)19-4-3-14(11-29)9-15(19)12-33-22(34)16-10-18(24(26,27)28)17(13-32-7-5-30-6-8-32)20(25)21(16)31-23(33)35/h3-4,9-10,30H,2,5-8,12-13H2,1H3,(H,31,35). The van der Waals surface area contributed by atoms with Gasteiger partial charge in [-0.15, -0.1) is 0 Å². The van der Waals surface area contributed by atoms with Gasteiger partial charge in [-0.05, 0) is 35.4 Å². The molecule has 4 rings (SSSR count). The molecule has 0 saturated carbocycles. The molecule has 1 aliphatic rings. The second kappa shape index (κ2) is 10.5. The van der Waals surface area contributed by atoms with Gasteiger partial charge >= 0.3 is 11.9 Å². The Morgan fingerprint density at radius 3 is 2.42 bits per heavy atom. The first-order chi connectivity index (χ1) is 17.9. The number of aromatic nitrogens is 2. The van der Waals surface area contributed by atoms with Gasteiger partial charge in [-0.1, -0.05) is 18.5 Å². The highest BCUT2D eigenvalue weighted by Crippen LogP contribution is 2.38. The van der Waals surface area contributed by atoms with Gasteiger partial charge in [0.05, 0.1) is 50.3 Å². The number of hydrogen-bond acceptors (Lipinski definition) is 7. The highest BCUT2D eigenvalue weighted by molar-refractivity contribution is 7.91. The van der Waals surface area contributed by atoms with Gasteiger partial charge in [-0.3, -0.25) is 14.3 Å². The molecule has 0 atom stereocenters. The first kappa shape index (κ1) is 27.8. The van der Waals surface area contributed by atoms with Crippen LogP contribution >= 0.6 is 11.6 Å². The largest absolute Gasteiger partial charge is 0.416 e. The van der Waals surface area contributed by atoms with Crippen molar-refractivity contribution in [1.29, 1.82) is 5.26 Å². The molecule has 1 saturated heterocycles. The molecule has 2 N–H and O–H groups in total. The van der Waals surface area contributed by atoms with E-state index in [0.29, 0.717) is 36.8 Å². The number of alkyl halides is 3. The highest BCUT2D eigenvalue weighted by atomic mass is 35.5. The number of nitriles is 1. The molecule has 0 unspecified atom stereocenters. The number of benzene rings is 2. The first-order valence-electron chi connectivity index (χ1n) is 11.6. The van der Waals surface area contributed by atoms with E-state index in [0.717, 1.165) is 0 Å². The fourth-order valence-electron chi connectivity index (χ4n) is 4.44. The van der Waals surface area contributed by atoms with E-state index in [2.05, 4.69) is 10.3 Å². The van der Waals surface area contributed by atoms with Gasteiger partial charge < -0.3 is 10.3 Å². The molecule has 0 spiro atoms. The van der Waals surface area contributed by atoms with Gasteiger partial charge in [0.15, 0.2) is 9.84 Å². The molecule has 202 valence electrons. The number of hydrogen-bond donors (Lipinski definition) is 2. The molecule has 14 heteroatoms. The number of H-pyrrole nitrogens is 1. The zero-order valence-electron chi connectivity index (χ0n) is 20.2. The molecule has 0 bridgehead atoms. The number of nitrogens with one attached hydrogen (secondary N) is 2. The lowest BCUT2D eigenvalue weighted by Gasteiger charge is -2.29. The monoisotopic (exact) mass is 569 g/mol. The normalized spacial score (nSPS) is 15.1. The van der Waals surface area contributed by atoms with Crippen molar-refractivity contribution >= 4 is 32.3 Å². The lowest BCUT2D eigenvalue weighted by Crippen LogP contribution is -2.43. The lowest BCUT2D eigenvalue weighted by atomic mass is 10.0. The number of nitrogens with zero attached hydrogens (tertiary/aromatic N) is 3. The Bertz CT molecular complexity index is 1670. The molecule has 1 aliphatic heterocycles. The number of sulfone groups is 1. The van der Waals surface area contributed by atoms with Crippen LogP contribution in [0.15, 0.2) is 38.8 Å². The van der Waals surface area contributed by atoms with Crippen LogP contribution in [0.25, 0.3) is 10.9 Å². The Morgan fingerprint density at radius 1 is 1.13 bits per heavy atom. The summed E-state index contributed by atoms with van der Waals surface area (Å²) in [6, 6.07) is 6.25. The quantitative estimate of drug-likeness (QED) is 0.467. The summed E-state index contributed by atoms with van der Waals surface area (Å²) in [5.41, 5.74) is -3.57. The topological polar surface area (TPSA) is 128 Å². The van der Waals surface area contributed by atoms with Gasteiger partial charge in [0.25, 0.3) is 5.56 Å². The summed E-state index contributed by atoms with van der Waals surface area (Å²) in [5.74, 6) is -0.282. The summed E-state index contributed by atoms with van der Waals surface area (Å²) in [7, 11) is -3.81. The van der Waals surface area contributed by atoms with Crippen molar-refractivity contribution < 1.29 is 21.6 Å². The number of rotatable bonds is 6. The van der Waals surface area contributed by atoms with Crippen molar-refractivity contribution in [2.75, 3.05) is 31.9 Å². The van der Waals surface area contributed by atoms with E-state index in [4.69, 9.17) is 11.6 Å². The maximum atomic E-state index is 14.1. The molecule has 2 heterocycles. The predicted octanol–water partition coefficient (Wildman–Crippen LogP) is 2.48. The van der Waals surface area contributed by atoms with Crippen molar-refractivity contribution in [3.63, 3.8) is 0 Å².